The van der Waals surface area contributed by atoms with Gasteiger partial charge in [0.1, 0.15) is 0 Å². The van der Waals surface area contributed by atoms with Crippen LogP contribution in [-0.4, -0.2) is 16.0 Å². The van der Waals surface area contributed by atoms with E-state index >= 15 is 0 Å². The van der Waals surface area contributed by atoms with Crippen LogP contribution in [-0.2, 0) is 12.8 Å². The molecule has 0 saturated heterocycles. The molecule has 86 valence electrons. The Morgan fingerprint density at radius 3 is 3.06 bits per heavy atom. The first-order valence-electron chi connectivity index (χ1n) is 5.59. The molecule has 1 aliphatic carbocycles. The quantitative estimate of drug-likeness (QED) is 0.718. The van der Waals surface area contributed by atoms with Crippen molar-refractivity contribution in [1.82, 2.24) is 10.2 Å². The highest BCUT2D eigenvalue weighted by atomic mass is 35.5. The summed E-state index contributed by atoms with van der Waals surface area (Å²) in [5, 5.41) is 7.49. The van der Waals surface area contributed by atoms with Gasteiger partial charge >= 0.3 is 0 Å². The molecule has 0 radical (unpaired) electrons. The van der Waals surface area contributed by atoms with Crippen LogP contribution in [0, 0.1) is 0 Å². The van der Waals surface area contributed by atoms with Crippen molar-refractivity contribution in [3.8, 4) is 0 Å². The van der Waals surface area contributed by atoms with Crippen LogP contribution < -0.4 is 0 Å². The second kappa shape index (κ2) is 3.70. The highest BCUT2D eigenvalue weighted by molar-refractivity contribution is 6.32. The fraction of sp³-hybridized carbons (Fsp3) is 0.231. The van der Waals surface area contributed by atoms with Crippen molar-refractivity contribution in [2.45, 2.75) is 19.8 Å². The zero-order chi connectivity index (χ0) is 12.0. The van der Waals surface area contributed by atoms with E-state index < -0.39 is 0 Å². The maximum absolute atomic E-state index is 12.4. The molecule has 1 aromatic carbocycles. The maximum Gasteiger partial charge on any atom is 0.197 e. The number of nitrogens with one attached hydrogen (secondary N) is 1. The summed E-state index contributed by atoms with van der Waals surface area (Å²) in [5.74, 6) is 0.0364. The molecule has 1 heterocycles. The smallest absolute Gasteiger partial charge is 0.197 e. The number of halogens is 1. The predicted molar refractivity (Wildman–Crippen MR) is 65.7 cm³/mol. The monoisotopic (exact) mass is 246 g/mol. The molecule has 1 N–H and O–H groups in total. The van der Waals surface area contributed by atoms with Crippen LogP contribution in [0.25, 0.3) is 0 Å². The Kier molecular flexibility index (Phi) is 2.30. The highest BCUT2D eigenvalue weighted by Crippen LogP contribution is 2.32. The Bertz CT molecular complexity index is 616. The van der Waals surface area contributed by atoms with Crippen LogP contribution >= 0.6 is 11.6 Å². The summed E-state index contributed by atoms with van der Waals surface area (Å²) in [5.41, 5.74) is 4.32. The molecule has 2 aromatic rings. The summed E-state index contributed by atoms with van der Waals surface area (Å²) >= 11 is 6.15. The van der Waals surface area contributed by atoms with E-state index in [9.17, 15) is 4.79 Å². The third-order valence-corrected chi connectivity index (χ3v) is 3.61. The van der Waals surface area contributed by atoms with Crippen molar-refractivity contribution >= 4 is 17.4 Å². The zero-order valence-corrected chi connectivity index (χ0v) is 10.1. The van der Waals surface area contributed by atoms with Crippen LogP contribution in [0.15, 0.2) is 18.3 Å². The summed E-state index contributed by atoms with van der Waals surface area (Å²) in [6.45, 7) is 2.01. The highest BCUT2D eigenvalue weighted by Gasteiger charge is 2.27. The van der Waals surface area contributed by atoms with E-state index in [-0.39, 0.29) is 5.78 Å². The fourth-order valence-corrected chi connectivity index (χ4v) is 2.71. The van der Waals surface area contributed by atoms with Gasteiger partial charge in [-0.3, -0.25) is 9.89 Å². The molecule has 0 spiro atoms. The largest absolute Gasteiger partial charge is 0.288 e. The van der Waals surface area contributed by atoms with Crippen molar-refractivity contribution in [3.63, 3.8) is 0 Å². The van der Waals surface area contributed by atoms with Gasteiger partial charge in [-0.2, -0.15) is 5.10 Å². The molecular formula is C13H11ClN2O. The van der Waals surface area contributed by atoms with Gasteiger partial charge in [0.15, 0.2) is 5.78 Å². The summed E-state index contributed by atoms with van der Waals surface area (Å²) in [6.07, 6.45) is 3.09. The van der Waals surface area contributed by atoms with E-state index in [4.69, 9.17) is 11.6 Å². The van der Waals surface area contributed by atoms with Crippen LogP contribution in [0.4, 0.5) is 0 Å². The lowest BCUT2D eigenvalue weighted by atomic mass is 9.85. The second-order valence-electron chi connectivity index (χ2n) is 4.18. The second-order valence-corrected chi connectivity index (χ2v) is 4.59. The predicted octanol–water partition coefficient (Wildman–Crippen LogP) is 2.76. The third-order valence-electron chi connectivity index (χ3n) is 3.25. The first-order chi connectivity index (χ1) is 8.22. The topological polar surface area (TPSA) is 45.8 Å². The molecule has 0 amide bonds. The summed E-state index contributed by atoms with van der Waals surface area (Å²) in [6, 6.07) is 3.80. The molecule has 1 aliphatic rings. The van der Waals surface area contributed by atoms with Crippen LogP contribution in [0.1, 0.15) is 39.7 Å². The van der Waals surface area contributed by atoms with E-state index in [0.29, 0.717) is 10.6 Å². The number of benzene rings is 1. The van der Waals surface area contributed by atoms with Crippen LogP contribution in [0.3, 0.4) is 0 Å². The first-order valence-corrected chi connectivity index (χ1v) is 5.97. The Hall–Kier alpha value is -1.61. The van der Waals surface area contributed by atoms with E-state index in [1.807, 2.05) is 19.1 Å². The number of aromatic nitrogens is 2. The normalized spacial score (nSPS) is 13.4. The molecule has 0 bridgehead atoms. The Labute approximate surface area is 104 Å². The van der Waals surface area contributed by atoms with Crippen molar-refractivity contribution in [2.75, 3.05) is 0 Å². The molecule has 0 fully saturated rings. The first kappa shape index (κ1) is 10.5. The summed E-state index contributed by atoms with van der Waals surface area (Å²) in [7, 11) is 0. The van der Waals surface area contributed by atoms with Gasteiger partial charge in [0, 0.05) is 17.0 Å². The Morgan fingerprint density at radius 2 is 2.29 bits per heavy atom. The van der Waals surface area contributed by atoms with Gasteiger partial charge in [0.25, 0.3) is 0 Å². The van der Waals surface area contributed by atoms with Gasteiger partial charge in [-0.15, -0.1) is 0 Å². The molecule has 0 atom stereocenters. The van der Waals surface area contributed by atoms with Crippen LogP contribution in [0.5, 0.6) is 0 Å². The van der Waals surface area contributed by atoms with Crippen molar-refractivity contribution < 1.29 is 4.79 Å². The minimum absolute atomic E-state index is 0.0364. The molecule has 0 aliphatic heterocycles. The molecule has 0 saturated carbocycles. The van der Waals surface area contributed by atoms with E-state index in [1.165, 1.54) is 0 Å². The number of ketones is 1. The Morgan fingerprint density at radius 1 is 1.47 bits per heavy atom. The molecule has 0 unspecified atom stereocenters. The number of carbonyl (C=O) groups excluding carboxylic acids is 1. The van der Waals surface area contributed by atoms with Gasteiger partial charge in [0.2, 0.25) is 0 Å². The molecule has 3 rings (SSSR count). The minimum atomic E-state index is 0.0364. The molecular weight excluding hydrogens is 236 g/mol. The summed E-state index contributed by atoms with van der Waals surface area (Å²) in [4.78, 5) is 12.4. The zero-order valence-electron chi connectivity index (χ0n) is 9.38. The number of fused-ring (bicyclic) bond motifs is 2. The minimum Gasteiger partial charge on any atom is -0.288 e. The van der Waals surface area contributed by atoms with Crippen LogP contribution in [0.2, 0.25) is 5.02 Å². The number of nitrogens with zero attached hydrogens (tertiary/aromatic N) is 1. The fourth-order valence-electron chi connectivity index (χ4n) is 2.42. The Balaban J connectivity index is 2.27. The number of carbonyl (C=O) groups is 1. The lowest BCUT2D eigenvalue weighted by Crippen LogP contribution is -2.16. The number of rotatable bonds is 1. The van der Waals surface area contributed by atoms with E-state index in [0.717, 1.165) is 35.2 Å². The van der Waals surface area contributed by atoms with Gasteiger partial charge in [0.05, 0.1) is 17.5 Å². The van der Waals surface area contributed by atoms with Crippen molar-refractivity contribution in [2.24, 2.45) is 0 Å². The number of hydrogen-bond acceptors (Lipinski definition) is 2. The average molecular weight is 247 g/mol. The molecule has 4 heteroatoms. The van der Waals surface area contributed by atoms with E-state index in [2.05, 4.69) is 10.2 Å². The maximum atomic E-state index is 12.4. The number of hydrogen-bond donors (Lipinski definition) is 1. The molecule has 17 heavy (non-hydrogen) atoms. The van der Waals surface area contributed by atoms with Gasteiger partial charge < -0.3 is 0 Å². The number of aromatic amines is 1. The summed E-state index contributed by atoms with van der Waals surface area (Å²) < 4.78 is 0. The molecule has 1 aromatic heterocycles. The lowest BCUT2D eigenvalue weighted by Gasteiger charge is -2.18. The molecule has 3 nitrogen and oxygen atoms in total. The third kappa shape index (κ3) is 1.42. The SMILES string of the molecule is CCc1c(Cl)ccc2c1C(=O)c1cn[nH]c1C2. The van der Waals surface area contributed by atoms with E-state index in [1.54, 1.807) is 6.20 Å². The average Bonchev–Trinajstić information content (AvgIpc) is 2.78. The standard InChI is InChI=1S/C13H11ClN2O/c1-2-8-10(14)4-3-7-5-11-9(6-15-16-11)13(17)12(7)8/h3-4,6H,2,5H2,1H3,(H,15,16). The van der Waals surface area contributed by atoms with Gasteiger partial charge in [-0.1, -0.05) is 24.6 Å². The van der Waals surface area contributed by atoms with Gasteiger partial charge in [-0.25, -0.2) is 0 Å². The number of H-pyrrole nitrogens is 1. The lowest BCUT2D eigenvalue weighted by molar-refractivity contribution is 0.103. The van der Waals surface area contributed by atoms with Gasteiger partial charge in [-0.05, 0) is 23.6 Å². The van der Waals surface area contributed by atoms with Crippen molar-refractivity contribution in [3.05, 3.63) is 51.3 Å². The van der Waals surface area contributed by atoms with Crippen molar-refractivity contribution in [1.29, 1.82) is 0 Å².